The predicted molar refractivity (Wildman–Crippen MR) is 160 cm³/mol. The van der Waals surface area contributed by atoms with Crippen molar-refractivity contribution in [1.82, 2.24) is 0 Å². The summed E-state index contributed by atoms with van der Waals surface area (Å²) in [5, 5.41) is 13.6. The molecule has 2 amide bonds. The molecule has 2 N–H and O–H groups in total. The van der Waals surface area contributed by atoms with Gasteiger partial charge in [0.1, 0.15) is 6.54 Å². The number of carbonyl (C=O) groups excluding carboxylic acids is 2. The number of benzodiazepines with no additional fused rings is 2. The Bertz CT molecular complexity index is 1640. The third-order valence-corrected chi connectivity index (χ3v) is 6.87. The van der Waals surface area contributed by atoms with Crippen LogP contribution in [0.4, 0.5) is 11.4 Å². The zero-order chi connectivity index (χ0) is 28.2. The minimum atomic E-state index is -1.43. The van der Waals surface area contributed by atoms with E-state index in [1.54, 1.807) is 36.2 Å². The summed E-state index contributed by atoms with van der Waals surface area (Å²) in [4.78, 5) is 34.0. The van der Waals surface area contributed by atoms with Crippen molar-refractivity contribution in [2.45, 2.75) is 6.23 Å². The lowest BCUT2D eigenvalue weighted by molar-refractivity contribution is -0.123. The van der Waals surface area contributed by atoms with Crippen molar-refractivity contribution in [1.29, 1.82) is 0 Å². The highest BCUT2D eigenvalue weighted by atomic mass is 35.5. The topological polar surface area (TPSA) is 94.4 Å². The van der Waals surface area contributed by atoms with Crippen molar-refractivity contribution in [3.8, 4) is 0 Å². The third-order valence-electron chi connectivity index (χ3n) is 6.40. The first-order chi connectivity index (χ1) is 19.3. The average molecular weight is 571 g/mol. The molecule has 6 rings (SSSR count). The number of carbonyl (C=O) groups is 2. The van der Waals surface area contributed by atoms with E-state index in [0.717, 1.165) is 28.1 Å². The van der Waals surface area contributed by atoms with E-state index in [1.807, 2.05) is 72.8 Å². The van der Waals surface area contributed by atoms with Crippen LogP contribution in [0.5, 0.6) is 0 Å². The van der Waals surface area contributed by atoms with E-state index in [-0.39, 0.29) is 12.5 Å². The van der Waals surface area contributed by atoms with Gasteiger partial charge in [-0.3, -0.25) is 14.6 Å². The zero-order valence-corrected chi connectivity index (χ0v) is 22.9. The molecule has 0 aromatic heterocycles. The van der Waals surface area contributed by atoms with Crippen LogP contribution in [0.15, 0.2) is 107 Å². The van der Waals surface area contributed by atoms with Gasteiger partial charge >= 0.3 is 0 Å². The maximum absolute atomic E-state index is 12.0. The van der Waals surface area contributed by atoms with E-state index in [9.17, 15) is 14.7 Å². The lowest BCUT2D eigenvalue weighted by atomic mass is 10.0. The Morgan fingerprint density at radius 1 is 0.800 bits per heavy atom. The predicted octanol–water partition coefficient (Wildman–Crippen LogP) is 5.60. The van der Waals surface area contributed by atoms with Gasteiger partial charge in [-0.05, 0) is 36.4 Å². The number of halogens is 2. The molecular weight excluding hydrogens is 547 g/mol. The lowest BCUT2D eigenvalue weighted by Crippen LogP contribution is -2.27. The van der Waals surface area contributed by atoms with Crippen molar-refractivity contribution in [2.75, 3.05) is 23.8 Å². The molecular formula is C31H24Cl2N4O3. The van der Waals surface area contributed by atoms with Crippen LogP contribution >= 0.6 is 23.2 Å². The Labute approximate surface area is 241 Å². The maximum Gasteiger partial charge on any atom is 0.276 e. The van der Waals surface area contributed by atoms with Crippen LogP contribution in [-0.2, 0) is 9.59 Å². The Morgan fingerprint density at radius 3 is 2.02 bits per heavy atom. The van der Waals surface area contributed by atoms with Gasteiger partial charge in [-0.15, -0.1) is 0 Å². The van der Waals surface area contributed by atoms with Crippen LogP contribution in [0.3, 0.4) is 0 Å². The number of hydrogen-bond acceptors (Lipinski definition) is 5. The lowest BCUT2D eigenvalue weighted by Gasteiger charge is -2.18. The molecule has 1 atom stereocenters. The molecule has 200 valence electrons. The van der Waals surface area contributed by atoms with Crippen LogP contribution in [0, 0.1) is 0 Å². The summed E-state index contributed by atoms with van der Waals surface area (Å²) in [7, 11) is 1.76. The molecule has 4 aromatic carbocycles. The molecule has 1 unspecified atom stereocenters. The van der Waals surface area contributed by atoms with Gasteiger partial charge in [0.05, 0.1) is 22.8 Å². The van der Waals surface area contributed by atoms with E-state index < -0.39 is 12.1 Å². The molecule has 0 saturated heterocycles. The molecule has 0 spiro atoms. The van der Waals surface area contributed by atoms with Gasteiger partial charge in [-0.1, -0.05) is 83.9 Å². The number of hydrogen-bond donors (Lipinski definition) is 2. The number of aliphatic hydroxyl groups is 1. The van der Waals surface area contributed by atoms with E-state index in [2.05, 4.69) is 15.3 Å². The molecule has 9 heteroatoms. The number of likely N-dealkylation sites (N-methyl/N-ethyl adjacent to an activating group) is 1. The SMILES string of the molecule is CN1C(=O)CN=C(c2ccccc2)c2cc(Cl)ccc21.O=C1Nc2ccc(Cl)cc2C(c2ccccc2)=NC1O. The normalized spacial score (nSPS) is 16.2. The molecule has 7 nitrogen and oxygen atoms in total. The number of benzene rings is 4. The van der Waals surface area contributed by atoms with Gasteiger partial charge in [-0.2, -0.15) is 0 Å². The Morgan fingerprint density at radius 2 is 1.38 bits per heavy atom. The third kappa shape index (κ3) is 5.82. The van der Waals surface area contributed by atoms with Gasteiger partial charge in [0.15, 0.2) is 0 Å². The van der Waals surface area contributed by atoms with Crippen LogP contribution in [0.25, 0.3) is 0 Å². The summed E-state index contributed by atoms with van der Waals surface area (Å²) in [6.07, 6.45) is -1.43. The summed E-state index contributed by atoms with van der Waals surface area (Å²) in [6, 6.07) is 29.8. The van der Waals surface area contributed by atoms with Crippen LogP contribution in [0.1, 0.15) is 22.3 Å². The van der Waals surface area contributed by atoms with Crippen molar-refractivity contribution in [3.63, 3.8) is 0 Å². The number of aliphatic hydroxyl groups excluding tert-OH is 1. The molecule has 2 aliphatic heterocycles. The highest BCUT2D eigenvalue weighted by molar-refractivity contribution is 6.32. The van der Waals surface area contributed by atoms with Crippen molar-refractivity contribution in [2.24, 2.45) is 9.98 Å². The summed E-state index contributed by atoms with van der Waals surface area (Å²) in [5.74, 6) is -0.584. The molecule has 2 heterocycles. The van der Waals surface area contributed by atoms with Crippen molar-refractivity contribution >= 4 is 57.8 Å². The zero-order valence-electron chi connectivity index (χ0n) is 21.4. The minimum Gasteiger partial charge on any atom is -0.364 e. The standard InChI is InChI=1S/C16H13ClN2O.C15H11ClN2O2/c1-19-14-8-7-12(17)9-13(14)16(18-10-15(19)20)11-5-3-2-4-6-11;16-10-6-7-12-11(8-10)13(9-4-2-1-3-5-9)18-15(20)14(19)17-12/h2-9H,10H2,1H3;1-8,15,20H,(H,17,19). The van der Waals surface area contributed by atoms with Gasteiger partial charge < -0.3 is 15.3 Å². The second-order valence-corrected chi connectivity index (χ2v) is 9.91. The number of nitrogens with one attached hydrogen (secondary N) is 1. The van der Waals surface area contributed by atoms with Crippen LogP contribution < -0.4 is 10.2 Å². The Kier molecular flexibility index (Phi) is 8.07. The average Bonchev–Trinajstić information content (AvgIpc) is 3.17. The van der Waals surface area contributed by atoms with Gasteiger partial charge in [0.25, 0.3) is 5.91 Å². The fourth-order valence-electron chi connectivity index (χ4n) is 4.40. The first-order valence-corrected chi connectivity index (χ1v) is 13.2. The number of fused-ring (bicyclic) bond motifs is 2. The largest absolute Gasteiger partial charge is 0.364 e. The summed E-state index contributed by atoms with van der Waals surface area (Å²) < 4.78 is 0. The highest BCUT2D eigenvalue weighted by Gasteiger charge is 2.24. The summed E-state index contributed by atoms with van der Waals surface area (Å²) >= 11 is 12.1. The van der Waals surface area contributed by atoms with Gasteiger partial charge in [0, 0.05) is 39.3 Å². The van der Waals surface area contributed by atoms with E-state index >= 15 is 0 Å². The molecule has 0 bridgehead atoms. The molecule has 0 radical (unpaired) electrons. The van der Waals surface area contributed by atoms with Gasteiger partial charge in [-0.25, -0.2) is 4.99 Å². The number of amides is 2. The molecule has 0 saturated carbocycles. The molecule has 2 aliphatic rings. The number of nitrogens with zero attached hydrogens (tertiary/aromatic N) is 3. The first kappa shape index (κ1) is 27.3. The second kappa shape index (κ2) is 11.8. The second-order valence-electron chi connectivity index (χ2n) is 9.04. The van der Waals surface area contributed by atoms with Crippen molar-refractivity contribution in [3.05, 3.63) is 129 Å². The number of anilines is 2. The van der Waals surface area contributed by atoms with Crippen molar-refractivity contribution < 1.29 is 14.7 Å². The quantitative estimate of drug-likeness (QED) is 0.328. The maximum atomic E-state index is 12.0. The molecule has 0 aliphatic carbocycles. The fourth-order valence-corrected chi connectivity index (χ4v) is 4.74. The first-order valence-electron chi connectivity index (χ1n) is 12.4. The van der Waals surface area contributed by atoms with E-state index in [4.69, 9.17) is 23.2 Å². The van der Waals surface area contributed by atoms with Gasteiger partial charge in [0.2, 0.25) is 12.1 Å². The minimum absolute atomic E-state index is 0.0282. The summed E-state index contributed by atoms with van der Waals surface area (Å²) in [6.45, 7) is 0.146. The van der Waals surface area contributed by atoms with E-state index in [1.165, 1.54) is 0 Å². The molecule has 0 fully saturated rings. The molecule has 40 heavy (non-hydrogen) atoms. The van der Waals surface area contributed by atoms with Crippen LogP contribution in [-0.4, -0.2) is 48.2 Å². The smallest absolute Gasteiger partial charge is 0.276 e. The number of aliphatic imine (C=N–C) groups is 2. The fraction of sp³-hybridized carbons (Fsp3) is 0.0968. The Balaban J connectivity index is 0.000000161. The molecule has 4 aromatic rings. The highest BCUT2D eigenvalue weighted by Crippen LogP contribution is 2.29. The summed E-state index contributed by atoms with van der Waals surface area (Å²) in [5.41, 5.74) is 6.13. The van der Waals surface area contributed by atoms with E-state index in [0.29, 0.717) is 27.0 Å². The Hall–Kier alpha value is -4.30. The number of rotatable bonds is 2. The van der Waals surface area contributed by atoms with Crippen LogP contribution in [0.2, 0.25) is 10.0 Å². The monoisotopic (exact) mass is 570 g/mol.